The maximum absolute atomic E-state index is 9.12. The lowest BCUT2D eigenvalue weighted by Gasteiger charge is -2.23. The number of ether oxygens (including phenoxy) is 1. The normalized spacial score (nSPS) is 20.1. The summed E-state index contributed by atoms with van der Waals surface area (Å²) in [7, 11) is 1.61. The van der Waals surface area contributed by atoms with Crippen molar-refractivity contribution in [1.82, 2.24) is 0 Å². The van der Waals surface area contributed by atoms with Gasteiger partial charge in [-0.15, -0.1) is 0 Å². The van der Waals surface area contributed by atoms with Gasteiger partial charge in [-0.2, -0.15) is 0 Å². The van der Waals surface area contributed by atoms with E-state index in [2.05, 4.69) is 0 Å². The fourth-order valence-corrected chi connectivity index (χ4v) is 0.836. The van der Waals surface area contributed by atoms with E-state index in [0.717, 1.165) is 0 Å². The molecule has 0 aromatic rings. The van der Waals surface area contributed by atoms with E-state index >= 15 is 0 Å². The topological polar surface area (TPSA) is 55.5 Å². The zero-order chi connectivity index (χ0) is 8.15. The molecule has 0 amide bonds. The van der Waals surface area contributed by atoms with Crippen molar-refractivity contribution in [3.8, 4) is 0 Å². The van der Waals surface area contributed by atoms with Crippen LogP contribution >= 0.6 is 0 Å². The van der Waals surface area contributed by atoms with E-state index in [9.17, 15) is 0 Å². The molecule has 0 rings (SSSR count). The number of nitrogens with two attached hydrogens (primary N) is 1. The van der Waals surface area contributed by atoms with Crippen molar-refractivity contribution in [1.29, 1.82) is 0 Å². The SMILES string of the molecule is COC(CN)[C@@H](C)[C@H](C)O. The zero-order valence-corrected chi connectivity index (χ0v) is 6.87. The first-order valence-electron chi connectivity index (χ1n) is 3.54. The van der Waals surface area contributed by atoms with Gasteiger partial charge in [0, 0.05) is 19.6 Å². The molecule has 0 saturated heterocycles. The fourth-order valence-electron chi connectivity index (χ4n) is 0.836. The molecule has 3 N–H and O–H groups in total. The van der Waals surface area contributed by atoms with Crippen LogP contribution < -0.4 is 5.73 Å². The average Bonchev–Trinajstić information content (AvgIpc) is 1.90. The van der Waals surface area contributed by atoms with Gasteiger partial charge in [0.1, 0.15) is 0 Å². The van der Waals surface area contributed by atoms with Crippen LogP contribution in [0.3, 0.4) is 0 Å². The largest absolute Gasteiger partial charge is 0.393 e. The van der Waals surface area contributed by atoms with E-state index in [0.29, 0.717) is 6.54 Å². The van der Waals surface area contributed by atoms with Crippen LogP contribution in [0, 0.1) is 5.92 Å². The quantitative estimate of drug-likeness (QED) is 0.587. The molecule has 3 nitrogen and oxygen atoms in total. The molecule has 3 atom stereocenters. The molecule has 0 aromatic heterocycles. The molecule has 0 aromatic carbocycles. The van der Waals surface area contributed by atoms with E-state index in [1.54, 1.807) is 14.0 Å². The van der Waals surface area contributed by atoms with E-state index in [1.807, 2.05) is 6.92 Å². The predicted octanol–water partition coefficient (Wildman–Crippen LogP) is -0.0230. The number of aliphatic hydroxyl groups excluding tert-OH is 1. The van der Waals surface area contributed by atoms with Gasteiger partial charge in [-0.25, -0.2) is 0 Å². The first kappa shape index (κ1) is 9.88. The van der Waals surface area contributed by atoms with Crippen molar-refractivity contribution >= 4 is 0 Å². The van der Waals surface area contributed by atoms with Crippen molar-refractivity contribution in [3.05, 3.63) is 0 Å². The summed E-state index contributed by atoms with van der Waals surface area (Å²) in [5.41, 5.74) is 5.39. The Morgan fingerprint density at radius 3 is 2.10 bits per heavy atom. The molecular formula is C7H17NO2. The molecule has 0 fully saturated rings. The highest BCUT2D eigenvalue weighted by Gasteiger charge is 2.18. The second kappa shape index (κ2) is 4.66. The minimum absolute atomic E-state index is 0.0278. The first-order valence-corrected chi connectivity index (χ1v) is 3.54. The molecule has 3 heteroatoms. The lowest BCUT2D eigenvalue weighted by atomic mass is 9.99. The Labute approximate surface area is 62.2 Å². The molecule has 0 bridgehead atoms. The first-order chi connectivity index (χ1) is 4.63. The summed E-state index contributed by atoms with van der Waals surface area (Å²) < 4.78 is 5.04. The van der Waals surface area contributed by atoms with Crippen molar-refractivity contribution in [2.24, 2.45) is 11.7 Å². The van der Waals surface area contributed by atoms with Crippen LogP contribution in [0.25, 0.3) is 0 Å². The molecule has 0 radical (unpaired) electrons. The maximum atomic E-state index is 9.12. The minimum Gasteiger partial charge on any atom is -0.393 e. The molecule has 10 heavy (non-hydrogen) atoms. The highest BCUT2D eigenvalue weighted by molar-refractivity contribution is 4.70. The lowest BCUT2D eigenvalue weighted by Crippen LogP contribution is -2.35. The summed E-state index contributed by atoms with van der Waals surface area (Å²) in [6, 6.07) is 0. The molecule has 0 saturated carbocycles. The fraction of sp³-hybridized carbons (Fsp3) is 1.00. The molecule has 0 heterocycles. The molecule has 0 aliphatic rings. The van der Waals surface area contributed by atoms with Crippen LogP contribution in [0.4, 0.5) is 0 Å². The number of hydrogen-bond acceptors (Lipinski definition) is 3. The Morgan fingerprint density at radius 1 is 1.50 bits per heavy atom. The summed E-state index contributed by atoms with van der Waals surface area (Å²) in [4.78, 5) is 0. The second-order valence-electron chi connectivity index (χ2n) is 2.61. The number of rotatable bonds is 4. The Balaban J connectivity index is 3.76. The van der Waals surface area contributed by atoms with Gasteiger partial charge >= 0.3 is 0 Å². The third kappa shape index (κ3) is 2.64. The van der Waals surface area contributed by atoms with E-state index in [-0.39, 0.29) is 18.1 Å². The van der Waals surface area contributed by atoms with Crippen molar-refractivity contribution < 1.29 is 9.84 Å². The summed E-state index contributed by atoms with van der Waals surface area (Å²) >= 11 is 0. The van der Waals surface area contributed by atoms with Crippen LogP contribution in [0.15, 0.2) is 0 Å². The van der Waals surface area contributed by atoms with Crippen molar-refractivity contribution in [2.75, 3.05) is 13.7 Å². The van der Waals surface area contributed by atoms with Gasteiger partial charge in [-0.3, -0.25) is 0 Å². The summed E-state index contributed by atoms with van der Waals surface area (Å²) in [5, 5.41) is 9.12. The number of hydrogen-bond donors (Lipinski definition) is 2. The van der Waals surface area contributed by atoms with Gasteiger partial charge < -0.3 is 15.6 Å². The van der Waals surface area contributed by atoms with Crippen molar-refractivity contribution in [3.63, 3.8) is 0 Å². The molecular weight excluding hydrogens is 130 g/mol. The zero-order valence-electron chi connectivity index (χ0n) is 6.87. The van der Waals surface area contributed by atoms with Gasteiger partial charge in [-0.05, 0) is 6.92 Å². The van der Waals surface area contributed by atoms with Crippen LogP contribution in [-0.2, 0) is 4.74 Å². The van der Waals surface area contributed by atoms with Crippen LogP contribution in [0.1, 0.15) is 13.8 Å². The third-order valence-electron chi connectivity index (χ3n) is 1.88. The molecule has 1 unspecified atom stereocenters. The Hall–Kier alpha value is -0.120. The van der Waals surface area contributed by atoms with E-state index in [4.69, 9.17) is 15.6 Å². The van der Waals surface area contributed by atoms with Crippen LogP contribution in [0.2, 0.25) is 0 Å². The summed E-state index contributed by atoms with van der Waals surface area (Å²) in [6.45, 7) is 4.13. The van der Waals surface area contributed by atoms with Crippen molar-refractivity contribution in [2.45, 2.75) is 26.1 Å². The molecule has 0 aliphatic carbocycles. The smallest absolute Gasteiger partial charge is 0.0743 e. The van der Waals surface area contributed by atoms with Gasteiger partial charge in [0.15, 0.2) is 0 Å². The standard InChI is InChI=1S/C7H17NO2/c1-5(6(2)9)7(4-8)10-3/h5-7,9H,4,8H2,1-3H3/t5-,6-,7?/m0/s1. The van der Waals surface area contributed by atoms with Gasteiger partial charge in [0.05, 0.1) is 12.2 Å². The monoisotopic (exact) mass is 147 g/mol. The summed E-state index contributed by atoms with van der Waals surface area (Å²) in [6.07, 6.45) is -0.381. The minimum atomic E-state index is -0.353. The van der Waals surface area contributed by atoms with Gasteiger partial charge in [0.25, 0.3) is 0 Å². The Bertz CT molecular complexity index is 81.7. The predicted molar refractivity (Wildman–Crippen MR) is 40.7 cm³/mol. The number of aliphatic hydroxyl groups is 1. The third-order valence-corrected chi connectivity index (χ3v) is 1.88. The Kier molecular flexibility index (Phi) is 4.60. The molecule has 0 aliphatic heterocycles. The lowest BCUT2D eigenvalue weighted by molar-refractivity contribution is 0.00682. The Morgan fingerprint density at radius 2 is 2.00 bits per heavy atom. The summed E-state index contributed by atoms with van der Waals surface area (Å²) in [5.74, 6) is 0.106. The maximum Gasteiger partial charge on any atom is 0.0743 e. The van der Waals surface area contributed by atoms with Gasteiger partial charge in [-0.1, -0.05) is 6.92 Å². The average molecular weight is 147 g/mol. The van der Waals surface area contributed by atoms with E-state index in [1.165, 1.54) is 0 Å². The highest BCUT2D eigenvalue weighted by atomic mass is 16.5. The van der Waals surface area contributed by atoms with Gasteiger partial charge in [0.2, 0.25) is 0 Å². The van der Waals surface area contributed by atoms with Crippen LogP contribution in [-0.4, -0.2) is 31.0 Å². The van der Waals surface area contributed by atoms with Crippen LogP contribution in [0.5, 0.6) is 0 Å². The highest BCUT2D eigenvalue weighted by Crippen LogP contribution is 2.09. The van der Waals surface area contributed by atoms with E-state index < -0.39 is 0 Å². The second-order valence-corrected chi connectivity index (χ2v) is 2.61. The molecule has 62 valence electrons. The molecule has 0 spiro atoms. The number of methoxy groups -OCH3 is 1.